The van der Waals surface area contributed by atoms with Crippen LogP contribution < -0.4 is 10.4 Å². The maximum Gasteiger partial charge on any atom is 0.338 e. The molecule has 0 saturated carbocycles. The van der Waals surface area contributed by atoms with Gasteiger partial charge in [-0.1, -0.05) is 6.07 Å². The number of ether oxygens (including phenoxy) is 1. The Bertz CT molecular complexity index is 794. The van der Waals surface area contributed by atoms with Crippen LogP contribution in [0.3, 0.4) is 0 Å². The first-order valence-electron chi connectivity index (χ1n) is 8.37. The molecule has 1 aromatic rings. The van der Waals surface area contributed by atoms with E-state index >= 15 is 0 Å². The van der Waals surface area contributed by atoms with Gasteiger partial charge in [0.1, 0.15) is 0 Å². The van der Waals surface area contributed by atoms with Crippen molar-refractivity contribution < 1.29 is 33.0 Å². The number of hydrogen-bond donors (Lipinski definition) is 1. The van der Waals surface area contributed by atoms with Gasteiger partial charge >= 0.3 is 12.0 Å². The number of amides is 2. The first-order valence-corrected chi connectivity index (χ1v) is 8.37. The third kappa shape index (κ3) is 4.60. The second kappa shape index (κ2) is 8.61. The van der Waals surface area contributed by atoms with E-state index in [0.717, 1.165) is 12.1 Å². The Balaban J connectivity index is 2.42. The average Bonchev–Trinajstić information content (AvgIpc) is 2.59. The van der Waals surface area contributed by atoms with E-state index in [-0.39, 0.29) is 42.8 Å². The Hall–Kier alpha value is -2.97. The lowest BCUT2D eigenvalue weighted by molar-refractivity contribution is -0.305. The zero-order chi connectivity index (χ0) is 20.1. The number of nitrogens with zero attached hydrogens (tertiary/aromatic N) is 1. The summed E-state index contributed by atoms with van der Waals surface area (Å²) in [5.74, 6) is -4.13. The van der Waals surface area contributed by atoms with Crippen molar-refractivity contribution in [1.29, 1.82) is 0 Å². The van der Waals surface area contributed by atoms with Gasteiger partial charge in [0, 0.05) is 18.2 Å². The average molecular weight is 381 g/mol. The minimum absolute atomic E-state index is 0.0407. The van der Waals surface area contributed by atoms with Crippen molar-refractivity contribution in [3.05, 3.63) is 46.7 Å². The van der Waals surface area contributed by atoms with Crippen LogP contribution in [-0.4, -0.2) is 36.0 Å². The van der Waals surface area contributed by atoms with Crippen molar-refractivity contribution in [3.63, 3.8) is 0 Å². The van der Waals surface area contributed by atoms with E-state index in [1.165, 1.54) is 17.9 Å². The Morgan fingerprint density at radius 3 is 2.59 bits per heavy atom. The number of urea groups is 1. The molecule has 1 aromatic carbocycles. The van der Waals surface area contributed by atoms with Crippen LogP contribution in [0.2, 0.25) is 0 Å². The van der Waals surface area contributed by atoms with Crippen molar-refractivity contribution in [3.8, 4) is 0 Å². The van der Waals surface area contributed by atoms with E-state index in [1.807, 2.05) is 0 Å². The van der Waals surface area contributed by atoms with Crippen LogP contribution in [0.25, 0.3) is 0 Å². The van der Waals surface area contributed by atoms with E-state index in [2.05, 4.69) is 5.32 Å². The van der Waals surface area contributed by atoms with Crippen LogP contribution in [0.1, 0.15) is 38.3 Å². The molecule has 0 bridgehead atoms. The van der Waals surface area contributed by atoms with Gasteiger partial charge in [-0.25, -0.2) is 18.4 Å². The van der Waals surface area contributed by atoms with E-state index in [4.69, 9.17) is 4.74 Å². The largest absolute Gasteiger partial charge is 0.550 e. The minimum Gasteiger partial charge on any atom is -0.550 e. The molecule has 9 heteroatoms. The zero-order valence-corrected chi connectivity index (χ0v) is 14.9. The highest BCUT2D eigenvalue weighted by Crippen LogP contribution is 2.32. The minimum atomic E-state index is -1.25. The smallest absolute Gasteiger partial charge is 0.338 e. The number of rotatable bonds is 7. The summed E-state index contributed by atoms with van der Waals surface area (Å²) in [6.45, 7) is 3.24. The van der Waals surface area contributed by atoms with Gasteiger partial charge in [-0.2, -0.15) is 0 Å². The second-order valence-electron chi connectivity index (χ2n) is 5.90. The summed E-state index contributed by atoms with van der Waals surface area (Å²) in [6, 6.07) is 1.46. The molecule has 1 heterocycles. The van der Waals surface area contributed by atoms with Gasteiger partial charge in [0.15, 0.2) is 11.6 Å². The van der Waals surface area contributed by atoms with Crippen LogP contribution in [0.4, 0.5) is 13.6 Å². The summed E-state index contributed by atoms with van der Waals surface area (Å²) in [6.07, 6.45) is -0.128. The van der Waals surface area contributed by atoms with Gasteiger partial charge in [0.05, 0.1) is 18.2 Å². The molecule has 0 aliphatic carbocycles. The van der Waals surface area contributed by atoms with Crippen molar-refractivity contribution in [2.45, 2.75) is 32.7 Å². The fraction of sp³-hybridized carbons (Fsp3) is 0.389. The molecule has 146 valence electrons. The number of carboxylic acid groups (broad SMARTS) is 1. The number of hydrogen-bond acceptors (Lipinski definition) is 5. The number of esters is 1. The van der Waals surface area contributed by atoms with Crippen molar-refractivity contribution in [2.75, 3.05) is 13.2 Å². The first kappa shape index (κ1) is 20.3. The molecule has 0 unspecified atom stereocenters. The molecular weight excluding hydrogens is 362 g/mol. The van der Waals surface area contributed by atoms with Gasteiger partial charge in [0.2, 0.25) is 0 Å². The van der Waals surface area contributed by atoms with Crippen molar-refractivity contribution in [1.82, 2.24) is 10.2 Å². The van der Waals surface area contributed by atoms with E-state index in [1.54, 1.807) is 6.92 Å². The molecular formula is C18H19F2N2O5-. The monoisotopic (exact) mass is 381 g/mol. The molecule has 7 nitrogen and oxygen atoms in total. The Morgan fingerprint density at radius 1 is 1.30 bits per heavy atom. The van der Waals surface area contributed by atoms with Gasteiger partial charge in [0.25, 0.3) is 0 Å². The summed E-state index contributed by atoms with van der Waals surface area (Å²) in [4.78, 5) is 36.7. The van der Waals surface area contributed by atoms with Gasteiger partial charge in [-0.05, 0) is 44.4 Å². The predicted octanol–water partition coefficient (Wildman–Crippen LogP) is 1.40. The fourth-order valence-corrected chi connectivity index (χ4v) is 2.85. The Morgan fingerprint density at radius 2 is 2.00 bits per heavy atom. The molecule has 2 rings (SSSR count). The number of carboxylic acids is 1. The quantitative estimate of drug-likeness (QED) is 0.720. The summed E-state index contributed by atoms with van der Waals surface area (Å²) >= 11 is 0. The third-order valence-electron chi connectivity index (χ3n) is 4.13. The summed E-state index contributed by atoms with van der Waals surface area (Å²) < 4.78 is 31.9. The Labute approximate surface area is 154 Å². The molecule has 1 aliphatic heterocycles. The van der Waals surface area contributed by atoms with Crippen LogP contribution >= 0.6 is 0 Å². The van der Waals surface area contributed by atoms with E-state index in [0.29, 0.717) is 0 Å². The standard InChI is InChI=1S/C18H20F2N2O5/c1-3-27-17(25)15-10(2)22(8-4-5-14(23)24)18(26)21-16(15)11-6-7-12(19)13(20)9-11/h6-7,9,16H,3-5,8H2,1-2H3,(H,21,26)(H,23,24)/p-1/t16-/m1/s1. The number of halogens is 2. The maximum absolute atomic E-state index is 13.6. The van der Waals surface area contributed by atoms with Crippen LogP contribution in [0, 0.1) is 11.6 Å². The number of benzene rings is 1. The van der Waals surface area contributed by atoms with Gasteiger partial charge in [-0.3, -0.25) is 4.90 Å². The summed E-state index contributed by atoms with van der Waals surface area (Å²) in [7, 11) is 0. The lowest BCUT2D eigenvalue weighted by atomic mass is 9.94. The normalized spacial score (nSPS) is 17.0. The number of carbonyl (C=O) groups is 3. The molecule has 0 spiro atoms. The predicted molar refractivity (Wildman–Crippen MR) is 87.9 cm³/mol. The molecule has 0 radical (unpaired) electrons. The highest BCUT2D eigenvalue weighted by Gasteiger charge is 2.36. The molecule has 0 aromatic heterocycles. The number of allylic oxidation sites excluding steroid dienone is 1. The molecule has 1 aliphatic rings. The van der Waals surface area contributed by atoms with Gasteiger partial charge < -0.3 is 20.0 Å². The highest BCUT2D eigenvalue weighted by atomic mass is 19.2. The van der Waals surface area contributed by atoms with Crippen LogP contribution in [0.15, 0.2) is 29.5 Å². The Kier molecular flexibility index (Phi) is 6.49. The van der Waals surface area contributed by atoms with Crippen LogP contribution in [-0.2, 0) is 14.3 Å². The lowest BCUT2D eigenvalue weighted by Gasteiger charge is -2.35. The number of aliphatic carboxylic acids is 1. The third-order valence-corrected chi connectivity index (χ3v) is 4.13. The van der Waals surface area contributed by atoms with Crippen molar-refractivity contribution >= 4 is 18.0 Å². The molecule has 2 amide bonds. The fourth-order valence-electron chi connectivity index (χ4n) is 2.85. The lowest BCUT2D eigenvalue weighted by Crippen LogP contribution is -2.48. The summed E-state index contributed by atoms with van der Waals surface area (Å²) in [5.41, 5.74) is 0.500. The highest BCUT2D eigenvalue weighted by molar-refractivity contribution is 5.95. The number of nitrogens with one attached hydrogen (secondary N) is 1. The molecule has 27 heavy (non-hydrogen) atoms. The summed E-state index contributed by atoms with van der Waals surface area (Å²) in [5, 5.41) is 13.1. The van der Waals surface area contributed by atoms with E-state index < -0.39 is 35.6 Å². The first-order chi connectivity index (χ1) is 12.8. The van der Waals surface area contributed by atoms with Crippen molar-refractivity contribution in [2.24, 2.45) is 0 Å². The van der Waals surface area contributed by atoms with Gasteiger partial charge in [-0.15, -0.1) is 0 Å². The topological polar surface area (TPSA) is 98.8 Å². The number of carbonyl (C=O) groups excluding carboxylic acids is 3. The van der Waals surface area contributed by atoms with E-state index in [9.17, 15) is 28.3 Å². The molecule has 1 N–H and O–H groups in total. The molecule has 0 fully saturated rings. The second-order valence-corrected chi connectivity index (χ2v) is 5.90. The molecule has 0 saturated heterocycles. The zero-order valence-electron chi connectivity index (χ0n) is 14.9. The SMILES string of the molecule is CCOC(=O)C1=C(C)N(CCCC(=O)[O-])C(=O)N[C@@H]1c1ccc(F)c(F)c1. The molecule has 1 atom stereocenters. The van der Waals surface area contributed by atoms with Crippen LogP contribution in [0.5, 0.6) is 0 Å². The maximum atomic E-state index is 13.6.